The first kappa shape index (κ1) is 18.2. The predicted molar refractivity (Wildman–Crippen MR) is 84.8 cm³/mol. The number of benzene rings is 2. The van der Waals surface area contributed by atoms with E-state index >= 15 is 0 Å². The van der Waals surface area contributed by atoms with E-state index < -0.39 is 30.1 Å². The SMILES string of the molecule is COc1ccc(NC(=O)COC(=O)c2cc(F)cc(F)c2)c(OC)c1. The molecule has 0 aliphatic rings. The second-order valence-corrected chi connectivity index (χ2v) is 4.85. The Morgan fingerprint density at radius 3 is 2.28 bits per heavy atom. The van der Waals surface area contributed by atoms with Crippen molar-refractivity contribution < 1.29 is 32.6 Å². The number of esters is 1. The van der Waals surface area contributed by atoms with E-state index in [-0.39, 0.29) is 5.56 Å². The lowest BCUT2D eigenvalue weighted by atomic mass is 10.2. The summed E-state index contributed by atoms with van der Waals surface area (Å²) in [7, 11) is 2.91. The molecule has 0 aromatic heterocycles. The van der Waals surface area contributed by atoms with Crippen LogP contribution in [0.2, 0.25) is 0 Å². The van der Waals surface area contributed by atoms with Crippen molar-refractivity contribution in [3.63, 3.8) is 0 Å². The highest BCUT2D eigenvalue weighted by Gasteiger charge is 2.14. The molecule has 0 radical (unpaired) electrons. The molecule has 25 heavy (non-hydrogen) atoms. The molecule has 0 heterocycles. The maximum absolute atomic E-state index is 13.1. The molecule has 0 fully saturated rings. The van der Waals surface area contributed by atoms with Gasteiger partial charge in [0.15, 0.2) is 6.61 Å². The highest BCUT2D eigenvalue weighted by molar-refractivity contribution is 5.96. The Labute approximate surface area is 142 Å². The van der Waals surface area contributed by atoms with Gasteiger partial charge >= 0.3 is 5.97 Å². The van der Waals surface area contributed by atoms with E-state index in [4.69, 9.17) is 14.2 Å². The standard InChI is InChI=1S/C17H15F2NO5/c1-23-13-3-4-14(15(8-13)24-2)20-16(21)9-25-17(22)10-5-11(18)7-12(19)6-10/h3-8H,9H2,1-2H3,(H,20,21). The number of nitrogens with one attached hydrogen (secondary N) is 1. The molecule has 2 aromatic rings. The molecule has 0 saturated heterocycles. The van der Waals surface area contributed by atoms with E-state index in [9.17, 15) is 18.4 Å². The average Bonchev–Trinajstić information content (AvgIpc) is 2.59. The highest BCUT2D eigenvalue weighted by Crippen LogP contribution is 2.28. The van der Waals surface area contributed by atoms with Crippen LogP contribution in [0.5, 0.6) is 11.5 Å². The molecule has 132 valence electrons. The summed E-state index contributed by atoms with van der Waals surface area (Å²) in [6.07, 6.45) is 0. The Kier molecular flexibility index (Phi) is 5.89. The van der Waals surface area contributed by atoms with Crippen LogP contribution >= 0.6 is 0 Å². The van der Waals surface area contributed by atoms with Crippen molar-refractivity contribution in [3.8, 4) is 11.5 Å². The van der Waals surface area contributed by atoms with Crippen LogP contribution in [0.15, 0.2) is 36.4 Å². The van der Waals surface area contributed by atoms with Crippen molar-refractivity contribution in [3.05, 3.63) is 53.6 Å². The molecular weight excluding hydrogens is 336 g/mol. The van der Waals surface area contributed by atoms with Gasteiger partial charge in [0.25, 0.3) is 5.91 Å². The van der Waals surface area contributed by atoms with Crippen molar-refractivity contribution in [2.24, 2.45) is 0 Å². The molecule has 0 bridgehead atoms. The zero-order chi connectivity index (χ0) is 18.4. The second kappa shape index (κ2) is 8.09. The Morgan fingerprint density at radius 1 is 1.00 bits per heavy atom. The summed E-state index contributed by atoms with van der Waals surface area (Å²) in [4.78, 5) is 23.6. The number of hydrogen-bond acceptors (Lipinski definition) is 5. The average molecular weight is 351 g/mol. The van der Waals surface area contributed by atoms with Crippen molar-refractivity contribution in [2.45, 2.75) is 0 Å². The summed E-state index contributed by atoms with van der Waals surface area (Å²) in [5, 5.41) is 2.50. The number of carbonyl (C=O) groups is 2. The maximum Gasteiger partial charge on any atom is 0.338 e. The van der Waals surface area contributed by atoms with Gasteiger partial charge in [-0.05, 0) is 24.3 Å². The summed E-state index contributed by atoms with van der Waals surface area (Å²) in [5.41, 5.74) is 0.0217. The van der Waals surface area contributed by atoms with E-state index in [1.54, 1.807) is 18.2 Å². The van der Waals surface area contributed by atoms with E-state index in [0.29, 0.717) is 23.3 Å². The maximum atomic E-state index is 13.1. The third-order valence-electron chi connectivity index (χ3n) is 3.12. The van der Waals surface area contributed by atoms with Crippen molar-refractivity contribution >= 4 is 17.6 Å². The Bertz CT molecular complexity index is 774. The number of rotatable bonds is 6. The lowest BCUT2D eigenvalue weighted by molar-refractivity contribution is -0.119. The quantitative estimate of drug-likeness (QED) is 0.810. The molecule has 0 unspecified atom stereocenters. The van der Waals surface area contributed by atoms with Crippen LogP contribution < -0.4 is 14.8 Å². The molecule has 0 atom stereocenters. The van der Waals surface area contributed by atoms with E-state index in [1.807, 2.05) is 0 Å². The largest absolute Gasteiger partial charge is 0.497 e. The third-order valence-corrected chi connectivity index (χ3v) is 3.12. The Balaban J connectivity index is 1.97. The molecule has 8 heteroatoms. The zero-order valence-corrected chi connectivity index (χ0v) is 13.5. The molecule has 6 nitrogen and oxygen atoms in total. The molecule has 0 aliphatic heterocycles. The van der Waals surface area contributed by atoms with Gasteiger partial charge in [-0.3, -0.25) is 4.79 Å². The summed E-state index contributed by atoms with van der Waals surface area (Å²) in [6.45, 7) is -0.633. The van der Waals surface area contributed by atoms with Gasteiger partial charge in [-0.25, -0.2) is 13.6 Å². The van der Waals surface area contributed by atoms with Gasteiger partial charge in [0.2, 0.25) is 0 Å². The number of methoxy groups -OCH3 is 2. The molecule has 0 aliphatic carbocycles. The Hall–Kier alpha value is -3.16. The third kappa shape index (κ3) is 4.90. The normalized spacial score (nSPS) is 10.1. The van der Waals surface area contributed by atoms with E-state index in [1.165, 1.54) is 14.2 Å². The van der Waals surface area contributed by atoms with Crippen LogP contribution in [0.25, 0.3) is 0 Å². The minimum absolute atomic E-state index is 0.327. The predicted octanol–water partition coefficient (Wildman–Crippen LogP) is 2.78. The lowest BCUT2D eigenvalue weighted by Crippen LogP contribution is -2.21. The summed E-state index contributed by atoms with van der Waals surface area (Å²) in [5.74, 6) is -2.61. The van der Waals surface area contributed by atoms with Gasteiger partial charge in [0, 0.05) is 12.1 Å². The number of carbonyl (C=O) groups excluding carboxylic acids is 2. The molecule has 0 spiro atoms. The highest BCUT2D eigenvalue weighted by atomic mass is 19.1. The molecule has 0 saturated carbocycles. The van der Waals surface area contributed by atoms with E-state index in [0.717, 1.165) is 12.1 Å². The summed E-state index contributed by atoms with van der Waals surface area (Å²) >= 11 is 0. The van der Waals surface area contributed by atoms with Gasteiger partial charge in [-0.1, -0.05) is 0 Å². The first-order valence-electron chi connectivity index (χ1n) is 7.08. The van der Waals surface area contributed by atoms with Gasteiger partial charge in [-0.2, -0.15) is 0 Å². The molecule has 1 N–H and O–H groups in total. The topological polar surface area (TPSA) is 73.9 Å². The zero-order valence-electron chi connectivity index (χ0n) is 13.5. The smallest absolute Gasteiger partial charge is 0.338 e. The first-order chi connectivity index (χ1) is 11.9. The number of amides is 1. The number of halogens is 2. The first-order valence-corrected chi connectivity index (χ1v) is 7.08. The van der Waals surface area contributed by atoms with Crippen LogP contribution in [0, 0.1) is 11.6 Å². The van der Waals surface area contributed by atoms with Crippen LogP contribution in [0.1, 0.15) is 10.4 Å². The van der Waals surface area contributed by atoms with Crippen LogP contribution in [0.3, 0.4) is 0 Å². The molecule has 1 amide bonds. The van der Waals surface area contributed by atoms with Crippen LogP contribution in [-0.2, 0) is 9.53 Å². The van der Waals surface area contributed by atoms with Gasteiger partial charge in [0.05, 0.1) is 25.5 Å². The van der Waals surface area contributed by atoms with Gasteiger partial charge < -0.3 is 19.5 Å². The fraction of sp³-hybridized carbons (Fsp3) is 0.176. The molecule has 2 aromatic carbocycles. The van der Waals surface area contributed by atoms with E-state index in [2.05, 4.69) is 5.32 Å². The van der Waals surface area contributed by atoms with Gasteiger partial charge in [-0.15, -0.1) is 0 Å². The summed E-state index contributed by atoms with van der Waals surface area (Å²) < 4.78 is 41.0. The number of ether oxygens (including phenoxy) is 3. The Morgan fingerprint density at radius 2 is 1.68 bits per heavy atom. The van der Waals surface area contributed by atoms with Crippen molar-refractivity contribution in [2.75, 3.05) is 26.1 Å². The number of hydrogen-bond donors (Lipinski definition) is 1. The van der Waals surface area contributed by atoms with Crippen molar-refractivity contribution in [1.82, 2.24) is 0 Å². The minimum atomic E-state index is -1.02. The second-order valence-electron chi connectivity index (χ2n) is 4.85. The van der Waals surface area contributed by atoms with Crippen molar-refractivity contribution in [1.29, 1.82) is 0 Å². The fourth-order valence-electron chi connectivity index (χ4n) is 1.97. The minimum Gasteiger partial charge on any atom is -0.497 e. The molecular formula is C17H15F2NO5. The monoisotopic (exact) mass is 351 g/mol. The fourth-order valence-corrected chi connectivity index (χ4v) is 1.97. The molecule has 2 rings (SSSR count). The number of anilines is 1. The summed E-state index contributed by atoms with van der Waals surface area (Å²) in [6, 6.07) is 6.99. The van der Waals surface area contributed by atoms with Crippen LogP contribution in [-0.4, -0.2) is 32.7 Å². The lowest BCUT2D eigenvalue weighted by Gasteiger charge is -2.11. The van der Waals surface area contributed by atoms with Gasteiger partial charge in [0.1, 0.15) is 23.1 Å². The van der Waals surface area contributed by atoms with Crippen LogP contribution in [0.4, 0.5) is 14.5 Å².